The molecule has 2 aliphatic carbocycles. The van der Waals surface area contributed by atoms with Gasteiger partial charge in [-0.25, -0.2) is 27.2 Å². The number of hydrogen-bond donors (Lipinski definition) is 2. The Kier molecular flexibility index (Phi) is 4.82. The van der Waals surface area contributed by atoms with Gasteiger partial charge in [-0.3, -0.25) is 0 Å². The normalized spacial score (nSPS) is 22.0. The molecule has 8 nitrogen and oxygen atoms in total. The fourth-order valence-electron chi connectivity index (χ4n) is 4.85. The molecule has 2 atom stereocenters. The summed E-state index contributed by atoms with van der Waals surface area (Å²) in [5.74, 6) is -0.0495. The van der Waals surface area contributed by atoms with Crippen molar-refractivity contribution >= 4 is 21.6 Å². The van der Waals surface area contributed by atoms with Gasteiger partial charge in [-0.15, -0.1) is 4.36 Å². The van der Waals surface area contributed by atoms with Gasteiger partial charge in [-0.05, 0) is 62.4 Å². The SMILES string of the molecule is CNS(=O)(=NC(=O)Nc1c2c(c(F)c3c1C[C@@H](F)C3)CCC2)c1cnn2c1OCC2(C)C. The fraction of sp³-hybridized carbons (Fsp3) is 0.524. The quantitative estimate of drug-likeness (QED) is 0.727. The largest absolute Gasteiger partial charge is 0.474 e. The number of rotatable bonds is 3. The summed E-state index contributed by atoms with van der Waals surface area (Å²) in [6.45, 7) is 4.21. The van der Waals surface area contributed by atoms with Crippen LogP contribution in [0, 0.1) is 5.82 Å². The van der Waals surface area contributed by atoms with Gasteiger partial charge in [0.15, 0.2) is 9.92 Å². The molecule has 0 bridgehead atoms. The van der Waals surface area contributed by atoms with Crippen molar-refractivity contribution in [1.82, 2.24) is 14.5 Å². The summed E-state index contributed by atoms with van der Waals surface area (Å²) in [5.41, 5.74) is 2.03. The molecular weight excluding hydrogens is 440 g/mol. The number of halogens is 2. The minimum absolute atomic E-state index is 0.00259. The average Bonchev–Trinajstić information content (AvgIpc) is 3.50. The van der Waals surface area contributed by atoms with E-state index < -0.39 is 27.7 Å². The second-order valence-electron chi connectivity index (χ2n) is 9.04. The van der Waals surface area contributed by atoms with E-state index in [0.29, 0.717) is 53.3 Å². The summed E-state index contributed by atoms with van der Waals surface area (Å²) in [4.78, 5) is 13.1. The van der Waals surface area contributed by atoms with Crippen LogP contribution in [0.4, 0.5) is 19.3 Å². The van der Waals surface area contributed by atoms with Gasteiger partial charge in [0.05, 0.1) is 11.7 Å². The van der Waals surface area contributed by atoms with Crippen molar-refractivity contribution in [2.45, 2.75) is 62.6 Å². The third-order valence-corrected chi connectivity index (χ3v) is 8.27. The highest BCUT2D eigenvalue weighted by molar-refractivity contribution is 7.92. The lowest BCUT2D eigenvalue weighted by molar-refractivity contribution is 0.259. The number of aromatic nitrogens is 2. The van der Waals surface area contributed by atoms with Crippen LogP contribution in [0.25, 0.3) is 0 Å². The van der Waals surface area contributed by atoms with E-state index in [0.717, 1.165) is 6.42 Å². The van der Waals surface area contributed by atoms with Crippen LogP contribution in [0.15, 0.2) is 15.5 Å². The summed E-state index contributed by atoms with van der Waals surface area (Å²) in [6, 6.07) is -0.855. The first-order valence-electron chi connectivity index (χ1n) is 10.6. The van der Waals surface area contributed by atoms with Crippen LogP contribution >= 0.6 is 0 Å². The topological polar surface area (TPSA) is 97.6 Å². The number of nitrogens with zero attached hydrogens (tertiary/aromatic N) is 3. The van der Waals surface area contributed by atoms with Crippen LogP contribution in [-0.2, 0) is 41.1 Å². The maximum atomic E-state index is 14.9. The molecule has 0 radical (unpaired) electrons. The van der Waals surface area contributed by atoms with Crippen LogP contribution in [-0.4, -0.2) is 39.8 Å². The van der Waals surface area contributed by atoms with Crippen molar-refractivity contribution in [2.75, 3.05) is 19.0 Å². The van der Waals surface area contributed by atoms with E-state index in [1.807, 2.05) is 13.8 Å². The number of hydrogen-bond acceptors (Lipinski definition) is 4. The predicted molar refractivity (Wildman–Crippen MR) is 115 cm³/mol. The lowest BCUT2D eigenvalue weighted by Crippen LogP contribution is -2.26. The van der Waals surface area contributed by atoms with Gasteiger partial charge in [0, 0.05) is 18.5 Å². The van der Waals surface area contributed by atoms with Gasteiger partial charge in [0.25, 0.3) is 0 Å². The number of urea groups is 1. The summed E-state index contributed by atoms with van der Waals surface area (Å²) in [5, 5.41) is 6.97. The van der Waals surface area contributed by atoms with Gasteiger partial charge in [0.2, 0.25) is 5.88 Å². The summed E-state index contributed by atoms with van der Waals surface area (Å²) in [6.07, 6.45) is 2.13. The zero-order valence-electron chi connectivity index (χ0n) is 18.1. The van der Waals surface area contributed by atoms with Crippen molar-refractivity contribution < 1.29 is 22.5 Å². The Hall–Kier alpha value is -2.53. The lowest BCUT2D eigenvalue weighted by Gasteiger charge is -2.16. The summed E-state index contributed by atoms with van der Waals surface area (Å²) in [7, 11) is -1.96. The number of carbonyl (C=O) groups is 1. The van der Waals surface area contributed by atoms with E-state index in [9.17, 15) is 17.8 Å². The number of carbonyl (C=O) groups excluding carboxylic acids is 1. The smallest absolute Gasteiger partial charge is 0.354 e. The maximum Gasteiger partial charge on any atom is 0.354 e. The summed E-state index contributed by atoms with van der Waals surface area (Å²) < 4.78 is 56.4. The van der Waals surface area contributed by atoms with Gasteiger partial charge in [0.1, 0.15) is 23.5 Å². The molecule has 1 aliphatic heterocycles. The molecule has 3 aliphatic rings. The second kappa shape index (κ2) is 7.24. The number of ether oxygens (including phenoxy) is 1. The monoisotopic (exact) mass is 465 g/mol. The lowest BCUT2D eigenvalue weighted by atomic mass is 9.98. The van der Waals surface area contributed by atoms with E-state index in [4.69, 9.17) is 4.74 Å². The van der Waals surface area contributed by atoms with E-state index in [2.05, 4.69) is 19.5 Å². The molecule has 172 valence electrons. The molecule has 11 heteroatoms. The third-order valence-electron chi connectivity index (χ3n) is 6.41. The van der Waals surface area contributed by atoms with Gasteiger partial charge in [-0.1, -0.05) is 0 Å². The zero-order valence-corrected chi connectivity index (χ0v) is 18.9. The third kappa shape index (κ3) is 3.13. The van der Waals surface area contributed by atoms with E-state index in [1.54, 1.807) is 4.68 Å². The molecular formula is C21H25F2N5O3S. The molecule has 0 spiro atoms. The number of anilines is 1. The van der Waals surface area contributed by atoms with Crippen molar-refractivity contribution in [3.8, 4) is 5.88 Å². The minimum Gasteiger partial charge on any atom is -0.474 e. The van der Waals surface area contributed by atoms with Gasteiger partial charge < -0.3 is 10.1 Å². The number of alkyl halides is 1. The zero-order chi connectivity index (χ0) is 22.8. The molecule has 0 saturated heterocycles. The van der Waals surface area contributed by atoms with Gasteiger partial charge in [-0.2, -0.15) is 5.10 Å². The molecule has 1 unspecified atom stereocenters. The Morgan fingerprint density at radius 1 is 1.28 bits per heavy atom. The van der Waals surface area contributed by atoms with E-state index >= 15 is 0 Å². The minimum atomic E-state index is -3.40. The van der Waals surface area contributed by atoms with Crippen molar-refractivity contribution in [3.63, 3.8) is 0 Å². The van der Waals surface area contributed by atoms with Crippen LogP contribution in [0.5, 0.6) is 5.88 Å². The average molecular weight is 466 g/mol. The molecule has 1 aromatic carbocycles. The van der Waals surface area contributed by atoms with Crippen LogP contribution in [0.1, 0.15) is 42.5 Å². The Balaban J connectivity index is 1.54. The Labute approximate surface area is 185 Å². The summed E-state index contributed by atoms with van der Waals surface area (Å²) >= 11 is 0. The molecule has 5 rings (SSSR count). The molecule has 0 saturated carbocycles. The van der Waals surface area contributed by atoms with Crippen molar-refractivity contribution in [2.24, 2.45) is 4.36 Å². The van der Waals surface area contributed by atoms with Crippen molar-refractivity contribution in [3.05, 3.63) is 34.3 Å². The molecule has 2 amide bonds. The predicted octanol–water partition coefficient (Wildman–Crippen LogP) is 3.27. The highest BCUT2D eigenvalue weighted by Crippen LogP contribution is 2.42. The Morgan fingerprint density at radius 3 is 2.75 bits per heavy atom. The molecule has 2 N–H and O–H groups in total. The standard InChI is InChI=1S/C21H25F2N5O3S/c1-21(2)10-31-19-16(9-25-28(19)21)32(30,24-3)27-20(29)26-18-13-6-4-5-12(13)17(23)14-7-11(22)8-15(14)18/h9,11H,4-8,10H2,1-3H3,(H2,24,26,27,29,30)/t11-,32?/m0/s1. The van der Waals surface area contributed by atoms with Crippen LogP contribution in [0.3, 0.4) is 0 Å². The number of nitrogens with one attached hydrogen (secondary N) is 2. The number of fused-ring (bicyclic) bond motifs is 3. The number of benzene rings is 1. The maximum absolute atomic E-state index is 14.9. The Morgan fingerprint density at radius 2 is 2.00 bits per heavy atom. The Bertz CT molecular complexity index is 1260. The molecule has 1 aromatic heterocycles. The molecule has 2 aromatic rings. The molecule has 0 fully saturated rings. The van der Waals surface area contributed by atoms with E-state index in [-0.39, 0.29) is 23.6 Å². The van der Waals surface area contributed by atoms with Crippen LogP contribution in [0.2, 0.25) is 0 Å². The van der Waals surface area contributed by atoms with Crippen molar-refractivity contribution in [1.29, 1.82) is 0 Å². The van der Waals surface area contributed by atoms with Crippen LogP contribution < -0.4 is 14.8 Å². The fourth-order valence-corrected chi connectivity index (χ4v) is 6.11. The first kappa shape index (κ1) is 21.3. The highest BCUT2D eigenvalue weighted by Gasteiger charge is 2.38. The first-order valence-corrected chi connectivity index (χ1v) is 12.1. The first-order chi connectivity index (χ1) is 15.1. The highest BCUT2D eigenvalue weighted by atomic mass is 32.2. The molecule has 2 heterocycles. The van der Waals surface area contributed by atoms with E-state index in [1.165, 1.54) is 13.2 Å². The number of amides is 2. The van der Waals surface area contributed by atoms with Gasteiger partial charge >= 0.3 is 6.03 Å². The second-order valence-corrected chi connectivity index (χ2v) is 11.1. The molecule has 32 heavy (non-hydrogen) atoms.